The zero-order valence-electron chi connectivity index (χ0n) is 15.9. The third kappa shape index (κ3) is 3.37. The number of morpholine rings is 1. The molecule has 2 saturated heterocycles. The Morgan fingerprint density at radius 2 is 2.07 bits per heavy atom. The van der Waals surface area contributed by atoms with Gasteiger partial charge in [-0.1, -0.05) is 6.07 Å². The van der Waals surface area contributed by atoms with Crippen molar-refractivity contribution in [3.05, 3.63) is 23.8 Å². The van der Waals surface area contributed by atoms with Gasteiger partial charge in [0.15, 0.2) is 11.5 Å². The first-order chi connectivity index (χ1) is 13.4. The summed E-state index contributed by atoms with van der Waals surface area (Å²) in [4.78, 5) is 40.5. The Hall–Kier alpha value is -2.81. The van der Waals surface area contributed by atoms with E-state index in [9.17, 15) is 14.4 Å². The van der Waals surface area contributed by atoms with E-state index in [1.807, 2.05) is 13.0 Å². The van der Waals surface area contributed by atoms with E-state index in [0.29, 0.717) is 31.2 Å². The fourth-order valence-electron chi connectivity index (χ4n) is 3.75. The SMILES string of the molecule is C[C@@H]1CN(C(=O)CN2C(=O)N[C@@](C)(Cc3ccc4c(c3)OCO4)C2=O)CCO1. The highest BCUT2D eigenvalue weighted by atomic mass is 16.7. The van der Waals surface area contributed by atoms with Gasteiger partial charge in [-0.15, -0.1) is 0 Å². The van der Waals surface area contributed by atoms with Crippen LogP contribution < -0.4 is 14.8 Å². The molecule has 1 N–H and O–H groups in total. The second kappa shape index (κ2) is 6.97. The average molecular weight is 389 g/mol. The van der Waals surface area contributed by atoms with Gasteiger partial charge in [0.1, 0.15) is 12.1 Å². The normalized spacial score (nSPS) is 26.6. The molecule has 0 bridgehead atoms. The molecule has 0 radical (unpaired) electrons. The Morgan fingerprint density at radius 3 is 2.86 bits per heavy atom. The van der Waals surface area contributed by atoms with Crippen LogP contribution in [0.4, 0.5) is 4.79 Å². The predicted molar refractivity (Wildman–Crippen MR) is 96.9 cm³/mol. The standard InChI is InChI=1S/C19H23N3O6/c1-12-9-21(5-6-26-12)16(23)10-22-17(24)19(2,20-18(22)25)8-13-3-4-14-15(7-13)28-11-27-14/h3-4,7,12H,5-6,8-11H2,1-2H3,(H,20,25)/t12-,19+/m1/s1. The van der Waals surface area contributed by atoms with E-state index in [1.54, 1.807) is 24.0 Å². The van der Waals surface area contributed by atoms with Crippen molar-refractivity contribution in [2.45, 2.75) is 31.9 Å². The number of ether oxygens (including phenoxy) is 3. The number of amides is 4. The second-order valence-electron chi connectivity index (χ2n) is 7.54. The average Bonchev–Trinajstić information content (AvgIpc) is 3.19. The van der Waals surface area contributed by atoms with Crippen molar-refractivity contribution in [2.75, 3.05) is 33.0 Å². The van der Waals surface area contributed by atoms with Gasteiger partial charge in [0.05, 0.1) is 12.7 Å². The molecule has 0 saturated carbocycles. The summed E-state index contributed by atoms with van der Waals surface area (Å²) in [6.07, 6.45) is 0.227. The van der Waals surface area contributed by atoms with E-state index in [0.717, 1.165) is 10.5 Å². The van der Waals surface area contributed by atoms with E-state index in [4.69, 9.17) is 14.2 Å². The molecule has 0 spiro atoms. The minimum Gasteiger partial charge on any atom is -0.454 e. The molecular weight excluding hydrogens is 366 g/mol. The molecule has 0 aliphatic carbocycles. The fraction of sp³-hybridized carbons (Fsp3) is 0.526. The van der Waals surface area contributed by atoms with Crippen LogP contribution in [0.3, 0.4) is 0 Å². The number of imide groups is 1. The highest BCUT2D eigenvalue weighted by Crippen LogP contribution is 2.34. The predicted octanol–water partition coefficient (Wildman–Crippen LogP) is 0.516. The van der Waals surface area contributed by atoms with E-state index < -0.39 is 17.5 Å². The van der Waals surface area contributed by atoms with Crippen LogP contribution in [0.25, 0.3) is 0 Å². The minimum absolute atomic E-state index is 0.0583. The van der Waals surface area contributed by atoms with Crippen molar-refractivity contribution >= 4 is 17.8 Å². The number of fused-ring (bicyclic) bond motifs is 1. The number of nitrogens with zero attached hydrogens (tertiary/aromatic N) is 2. The lowest BCUT2D eigenvalue weighted by molar-refractivity contribution is -0.143. The van der Waals surface area contributed by atoms with Crippen molar-refractivity contribution in [1.29, 1.82) is 0 Å². The summed E-state index contributed by atoms with van der Waals surface area (Å²) in [6.45, 7) is 4.82. The minimum atomic E-state index is -1.12. The Labute approximate surface area is 162 Å². The number of hydrogen-bond acceptors (Lipinski definition) is 6. The van der Waals surface area contributed by atoms with Gasteiger partial charge >= 0.3 is 6.03 Å². The first kappa shape index (κ1) is 18.5. The van der Waals surface area contributed by atoms with Crippen molar-refractivity contribution in [3.8, 4) is 11.5 Å². The van der Waals surface area contributed by atoms with Crippen LogP contribution in [0.1, 0.15) is 19.4 Å². The maximum atomic E-state index is 12.9. The molecule has 1 aromatic rings. The van der Waals surface area contributed by atoms with Gasteiger partial charge in [-0.2, -0.15) is 0 Å². The fourth-order valence-corrected chi connectivity index (χ4v) is 3.75. The van der Waals surface area contributed by atoms with E-state index in [-0.39, 0.29) is 31.8 Å². The molecule has 2 fully saturated rings. The molecule has 3 aliphatic rings. The zero-order chi connectivity index (χ0) is 19.9. The third-order valence-electron chi connectivity index (χ3n) is 5.23. The maximum absolute atomic E-state index is 12.9. The Balaban J connectivity index is 1.44. The lowest BCUT2D eigenvalue weighted by Gasteiger charge is -2.32. The number of nitrogens with one attached hydrogen (secondary N) is 1. The lowest BCUT2D eigenvalue weighted by atomic mass is 9.92. The molecule has 9 heteroatoms. The van der Waals surface area contributed by atoms with Gasteiger partial charge in [0.2, 0.25) is 12.7 Å². The van der Waals surface area contributed by atoms with Gasteiger partial charge in [-0.25, -0.2) is 4.79 Å². The van der Waals surface area contributed by atoms with Crippen LogP contribution in [0.2, 0.25) is 0 Å². The van der Waals surface area contributed by atoms with Crippen LogP contribution in [-0.4, -0.2) is 72.3 Å². The topological polar surface area (TPSA) is 97.4 Å². The Kier molecular flexibility index (Phi) is 4.62. The third-order valence-corrected chi connectivity index (χ3v) is 5.23. The smallest absolute Gasteiger partial charge is 0.325 e. The molecule has 1 aromatic carbocycles. The molecule has 28 heavy (non-hydrogen) atoms. The summed E-state index contributed by atoms with van der Waals surface area (Å²) in [5, 5.41) is 2.73. The molecule has 0 unspecified atom stereocenters. The number of carbonyl (C=O) groups excluding carboxylic acids is 3. The number of urea groups is 1. The Bertz CT molecular complexity index is 828. The highest BCUT2D eigenvalue weighted by molar-refractivity contribution is 6.09. The van der Waals surface area contributed by atoms with Gasteiger partial charge in [0, 0.05) is 19.5 Å². The largest absolute Gasteiger partial charge is 0.454 e. The first-order valence-electron chi connectivity index (χ1n) is 9.28. The zero-order valence-corrected chi connectivity index (χ0v) is 15.9. The molecule has 0 aromatic heterocycles. The van der Waals surface area contributed by atoms with Crippen molar-refractivity contribution in [1.82, 2.24) is 15.1 Å². The summed E-state index contributed by atoms with van der Waals surface area (Å²) >= 11 is 0. The van der Waals surface area contributed by atoms with Gasteiger partial charge in [-0.3, -0.25) is 14.5 Å². The lowest BCUT2D eigenvalue weighted by Crippen LogP contribution is -2.50. The highest BCUT2D eigenvalue weighted by Gasteiger charge is 2.48. The van der Waals surface area contributed by atoms with Crippen molar-refractivity contribution in [2.24, 2.45) is 0 Å². The van der Waals surface area contributed by atoms with Gasteiger partial charge in [0.25, 0.3) is 5.91 Å². The molecular formula is C19H23N3O6. The summed E-state index contributed by atoms with van der Waals surface area (Å²) in [5.41, 5.74) is -0.292. The molecule has 150 valence electrons. The quantitative estimate of drug-likeness (QED) is 0.754. The van der Waals surface area contributed by atoms with E-state index >= 15 is 0 Å². The molecule has 3 heterocycles. The monoisotopic (exact) mass is 389 g/mol. The number of hydrogen-bond donors (Lipinski definition) is 1. The molecule has 2 atom stereocenters. The maximum Gasteiger partial charge on any atom is 0.325 e. The number of benzene rings is 1. The molecule has 4 amide bonds. The van der Waals surface area contributed by atoms with Crippen LogP contribution in [0.15, 0.2) is 18.2 Å². The number of rotatable bonds is 4. The van der Waals surface area contributed by atoms with Crippen molar-refractivity contribution < 1.29 is 28.6 Å². The van der Waals surface area contributed by atoms with Crippen LogP contribution in [0, 0.1) is 0 Å². The molecule has 3 aliphatic heterocycles. The second-order valence-corrected chi connectivity index (χ2v) is 7.54. The summed E-state index contributed by atoms with van der Waals surface area (Å²) in [6, 6.07) is 4.86. The van der Waals surface area contributed by atoms with Gasteiger partial charge in [-0.05, 0) is 31.5 Å². The molecule has 4 rings (SSSR count). The van der Waals surface area contributed by atoms with Gasteiger partial charge < -0.3 is 24.4 Å². The van der Waals surface area contributed by atoms with Crippen LogP contribution in [-0.2, 0) is 20.7 Å². The summed E-state index contributed by atoms with van der Waals surface area (Å²) < 4.78 is 16.1. The summed E-state index contributed by atoms with van der Waals surface area (Å²) in [5.74, 6) is 0.602. The van der Waals surface area contributed by atoms with E-state index in [1.165, 1.54) is 0 Å². The Morgan fingerprint density at radius 1 is 1.29 bits per heavy atom. The van der Waals surface area contributed by atoms with Crippen LogP contribution >= 0.6 is 0 Å². The molecule has 9 nitrogen and oxygen atoms in total. The van der Waals surface area contributed by atoms with Crippen LogP contribution in [0.5, 0.6) is 11.5 Å². The van der Waals surface area contributed by atoms with E-state index in [2.05, 4.69) is 5.32 Å². The first-order valence-corrected chi connectivity index (χ1v) is 9.28. The van der Waals surface area contributed by atoms with Crippen molar-refractivity contribution in [3.63, 3.8) is 0 Å². The number of carbonyl (C=O) groups is 3. The summed E-state index contributed by atoms with van der Waals surface area (Å²) in [7, 11) is 0.